The van der Waals surface area contributed by atoms with Gasteiger partial charge in [-0.15, -0.1) is 0 Å². The Morgan fingerprint density at radius 2 is 1.72 bits per heavy atom. The molecule has 0 saturated carbocycles. The van der Waals surface area contributed by atoms with Crippen molar-refractivity contribution in [1.29, 1.82) is 0 Å². The maximum Gasteiger partial charge on any atom is 0.263 e. The smallest absolute Gasteiger partial charge is 0.263 e. The normalized spacial score (nSPS) is 11.1. The van der Waals surface area contributed by atoms with Crippen molar-refractivity contribution in [1.82, 2.24) is 4.98 Å². The molecule has 0 radical (unpaired) electrons. The number of aryl methyl sites for hydroxylation is 1. The van der Waals surface area contributed by atoms with Crippen molar-refractivity contribution in [3.05, 3.63) is 78.2 Å². The van der Waals surface area contributed by atoms with E-state index in [1.165, 1.54) is 25.3 Å². The van der Waals surface area contributed by atoms with Crippen molar-refractivity contribution >= 4 is 27.2 Å². The second-order valence-electron chi connectivity index (χ2n) is 5.44. The molecule has 3 rings (SSSR count). The number of halogens is 1. The first kappa shape index (κ1) is 16.9. The predicted molar refractivity (Wildman–Crippen MR) is 95.9 cm³/mol. The number of nitrogens with zero attached hydrogens (tertiary/aromatic N) is 1. The average molecular weight is 357 g/mol. The van der Waals surface area contributed by atoms with E-state index in [1.54, 1.807) is 12.1 Å². The van der Waals surface area contributed by atoms with Crippen molar-refractivity contribution in [3.63, 3.8) is 0 Å². The van der Waals surface area contributed by atoms with Crippen molar-refractivity contribution in [2.24, 2.45) is 0 Å². The van der Waals surface area contributed by atoms with E-state index in [1.807, 2.05) is 30.3 Å². The number of anilines is 3. The third kappa shape index (κ3) is 4.13. The van der Waals surface area contributed by atoms with Crippen molar-refractivity contribution in [2.75, 3.05) is 10.0 Å². The molecule has 0 aliphatic heterocycles. The molecule has 0 atom stereocenters. The maximum absolute atomic E-state index is 13.3. The van der Waals surface area contributed by atoms with Crippen LogP contribution in [0.15, 0.2) is 71.8 Å². The molecule has 2 N–H and O–H groups in total. The molecule has 5 nitrogen and oxygen atoms in total. The van der Waals surface area contributed by atoms with Crippen LogP contribution in [0.1, 0.15) is 5.56 Å². The zero-order valence-electron chi connectivity index (χ0n) is 13.4. The van der Waals surface area contributed by atoms with E-state index in [0.717, 1.165) is 17.4 Å². The zero-order chi connectivity index (χ0) is 17.9. The molecule has 0 unspecified atom stereocenters. The lowest BCUT2D eigenvalue weighted by molar-refractivity contribution is 0.598. The summed E-state index contributed by atoms with van der Waals surface area (Å²) in [6, 6.07) is 16.4. The molecule has 7 heteroatoms. The lowest BCUT2D eigenvalue weighted by Crippen LogP contribution is -2.14. The molecular formula is C18H16FN3O2S. The molecule has 0 bridgehead atoms. The quantitative estimate of drug-likeness (QED) is 0.722. The number of aromatic nitrogens is 1. The first-order valence-electron chi connectivity index (χ1n) is 7.51. The minimum Gasteiger partial charge on any atom is -0.354 e. The molecule has 0 amide bonds. The highest BCUT2D eigenvalue weighted by Crippen LogP contribution is 2.20. The van der Waals surface area contributed by atoms with Gasteiger partial charge in [0.05, 0.1) is 16.8 Å². The molecule has 3 aromatic rings. The summed E-state index contributed by atoms with van der Waals surface area (Å²) in [7, 11) is -3.82. The Morgan fingerprint density at radius 3 is 2.36 bits per heavy atom. The lowest BCUT2D eigenvalue weighted by atomic mass is 10.2. The fourth-order valence-corrected chi connectivity index (χ4v) is 3.29. The van der Waals surface area contributed by atoms with E-state index >= 15 is 0 Å². The van der Waals surface area contributed by atoms with Crippen LogP contribution < -0.4 is 10.0 Å². The third-order valence-electron chi connectivity index (χ3n) is 3.50. The van der Waals surface area contributed by atoms with Gasteiger partial charge in [-0.2, -0.15) is 0 Å². The van der Waals surface area contributed by atoms with E-state index in [2.05, 4.69) is 15.0 Å². The molecule has 25 heavy (non-hydrogen) atoms. The van der Waals surface area contributed by atoms with Gasteiger partial charge in [0.2, 0.25) is 0 Å². The summed E-state index contributed by atoms with van der Waals surface area (Å²) in [5.41, 5.74) is 1.89. The summed E-state index contributed by atoms with van der Waals surface area (Å²) in [4.78, 5) is 4.08. The molecule has 0 fully saturated rings. The van der Waals surface area contributed by atoms with Gasteiger partial charge in [-0.1, -0.05) is 18.2 Å². The van der Waals surface area contributed by atoms with Crippen molar-refractivity contribution in [3.8, 4) is 0 Å². The average Bonchev–Trinajstić information content (AvgIpc) is 2.60. The van der Waals surface area contributed by atoms with Crippen molar-refractivity contribution < 1.29 is 12.8 Å². The number of benzene rings is 2. The van der Waals surface area contributed by atoms with Gasteiger partial charge in [-0.05, 0) is 55.0 Å². The minimum absolute atomic E-state index is 0.0142. The summed E-state index contributed by atoms with van der Waals surface area (Å²) in [6.45, 7) is 1.51. The van der Waals surface area contributed by atoms with Crippen LogP contribution >= 0.6 is 0 Å². The second-order valence-corrected chi connectivity index (χ2v) is 7.12. The van der Waals surface area contributed by atoms with Crippen LogP contribution in [0.5, 0.6) is 0 Å². The number of hydrogen-bond acceptors (Lipinski definition) is 4. The number of para-hydroxylation sites is 1. The Kier molecular flexibility index (Phi) is 4.67. The molecule has 128 valence electrons. The molecule has 0 aliphatic carbocycles. The number of hydrogen-bond donors (Lipinski definition) is 2. The van der Waals surface area contributed by atoms with Gasteiger partial charge >= 0.3 is 0 Å². The summed E-state index contributed by atoms with van der Waals surface area (Å²) >= 11 is 0. The molecule has 2 aromatic carbocycles. The molecule has 1 heterocycles. The maximum atomic E-state index is 13.3. The lowest BCUT2D eigenvalue weighted by Gasteiger charge is -2.10. The Balaban J connectivity index is 1.75. The van der Waals surface area contributed by atoms with Crippen LogP contribution in [0.25, 0.3) is 0 Å². The molecular weight excluding hydrogens is 341 g/mol. The summed E-state index contributed by atoms with van der Waals surface area (Å²) in [5.74, 6) is -0.269. The first-order chi connectivity index (χ1) is 11.9. The summed E-state index contributed by atoms with van der Waals surface area (Å²) < 4.78 is 40.4. The highest BCUT2D eigenvalue weighted by atomic mass is 32.2. The Hall–Kier alpha value is -2.93. The molecule has 0 saturated heterocycles. The fraction of sp³-hybridized carbons (Fsp3) is 0.0556. The van der Waals surface area contributed by atoms with E-state index in [9.17, 15) is 12.8 Å². The minimum atomic E-state index is -3.82. The van der Waals surface area contributed by atoms with Crippen LogP contribution in [0.3, 0.4) is 0 Å². The first-order valence-corrected chi connectivity index (χ1v) is 8.99. The van der Waals surface area contributed by atoms with Crippen LogP contribution in [-0.4, -0.2) is 13.4 Å². The Bertz CT molecular complexity index is 975. The molecule has 0 aliphatic rings. The van der Waals surface area contributed by atoms with Gasteiger partial charge in [0.15, 0.2) is 0 Å². The van der Waals surface area contributed by atoms with Crippen LogP contribution in [0, 0.1) is 12.7 Å². The van der Waals surface area contributed by atoms with Gasteiger partial charge in [0.1, 0.15) is 11.6 Å². The highest BCUT2D eigenvalue weighted by molar-refractivity contribution is 7.92. The SMILES string of the molecule is Cc1cc(S(=O)(=O)Nc2ccc(Nc3ccccc3)cn2)ccc1F. The van der Waals surface area contributed by atoms with Gasteiger partial charge < -0.3 is 5.32 Å². The summed E-state index contributed by atoms with van der Waals surface area (Å²) in [6.07, 6.45) is 1.53. The van der Waals surface area contributed by atoms with Gasteiger partial charge in [0, 0.05) is 5.69 Å². The van der Waals surface area contributed by atoms with Gasteiger partial charge in [-0.3, -0.25) is 4.72 Å². The fourth-order valence-electron chi connectivity index (χ4n) is 2.20. The third-order valence-corrected chi connectivity index (χ3v) is 4.86. The summed E-state index contributed by atoms with van der Waals surface area (Å²) in [5, 5.41) is 3.16. The van der Waals surface area contributed by atoms with E-state index < -0.39 is 15.8 Å². The monoisotopic (exact) mass is 357 g/mol. The molecule has 0 spiro atoms. The Labute approximate surface area is 145 Å². The van der Waals surface area contributed by atoms with E-state index in [-0.39, 0.29) is 16.3 Å². The largest absolute Gasteiger partial charge is 0.354 e. The van der Waals surface area contributed by atoms with Crippen molar-refractivity contribution in [2.45, 2.75) is 11.8 Å². The number of sulfonamides is 1. The van der Waals surface area contributed by atoms with Crippen LogP contribution in [-0.2, 0) is 10.0 Å². The standard InChI is InChI=1S/C18H16FN3O2S/c1-13-11-16(8-9-17(13)19)25(23,24)22-18-10-7-15(12-20-18)21-14-5-3-2-4-6-14/h2-12,21H,1H3,(H,20,22). The number of rotatable bonds is 5. The van der Waals surface area contributed by atoms with E-state index in [4.69, 9.17) is 0 Å². The number of pyridine rings is 1. The Morgan fingerprint density at radius 1 is 0.960 bits per heavy atom. The van der Waals surface area contributed by atoms with Crippen LogP contribution in [0.4, 0.5) is 21.6 Å². The highest BCUT2D eigenvalue weighted by Gasteiger charge is 2.16. The second kappa shape index (κ2) is 6.90. The zero-order valence-corrected chi connectivity index (χ0v) is 14.2. The van der Waals surface area contributed by atoms with Gasteiger partial charge in [-0.25, -0.2) is 17.8 Å². The topological polar surface area (TPSA) is 71.1 Å². The molecule has 1 aromatic heterocycles. The predicted octanol–water partition coefficient (Wildman–Crippen LogP) is 4.07. The van der Waals surface area contributed by atoms with Crippen LogP contribution in [0.2, 0.25) is 0 Å². The number of nitrogens with one attached hydrogen (secondary N) is 2. The van der Waals surface area contributed by atoms with E-state index in [0.29, 0.717) is 0 Å². The van der Waals surface area contributed by atoms with Gasteiger partial charge in [0.25, 0.3) is 10.0 Å².